The number of pyridine rings is 2. The van der Waals surface area contributed by atoms with Gasteiger partial charge in [-0.05, 0) is 18.2 Å². The van der Waals surface area contributed by atoms with Crippen LogP contribution in [0.15, 0.2) is 36.7 Å². The number of amides is 2. The number of hydrogen-bond acceptors (Lipinski definition) is 8. The molecule has 0 radical (unpaired) electrons. The van der Waals surface area contributed by atoms with E-state index in [-0.39, 0.29) is 17.6 Å². The SMILES string of the molecule is COCCNC(=O)c1sc2ncccc2c1C1CN(C(=O)c2cccnc2N)CCO1. The third-order valence-corrected chi connectivity index (χ3v) is 6.18. The van der Waals surface area contributed by atoms with Crippen LogP contribution in [0.1, 0.15) is 31.7 Å². The number of methoxy groups -OCH3 is 1. The van der Waals surface area contributed by atoms with E-state index in [0.717, 1.165) is 15.8 Å². The maximum absolute atomic E-state index is 13.0. The number of hydrogen-bond donors (Lipinski definition) is 2. The molecule has 0 aromatic carbocycles. The first kappa shape index (κ1) is 21.2. The van der Waals surface area contributed by atoms with Gasteiger partial charge in [0, 0.05) is 43.5 Å². The number of ether oxygens (including phenoxy) is 2. The Balaban J connectivity index is 1.64. The standard InChI is InChI=1S/C21H23N5O4S/c1-29-10-8-24-19(27)17-16(13-4-2-7-25-20(13)31-17)15-12-26(9-11-30-15)21(28)14-5-3-6-23-18(14)22/h2-7,15H,8-12H2,1H3,(H2,22,23)(H,24,27). The van der Waals surface area contributed by atoms with Gasteiger partial charge in [-0.2, -0.15) is 0 Å². The molecule has 4 heterocycles. The number of aromatic nitrogens is 2. The number of carbonyl (C=O) groups is 2. The fraction of sp³-hybridized carbons (Fsp3) is 0.333. The summed E-state index contributed by atoms with van der Waals surface area (Å²) in [7, 11) is 1.58. The molecule has 0 aliphatic carbocycles. The molecule has 4 rings (SSSR count). The Morgan fingerprint density at radius 3 is 2.94 bits per heavy atom. The van der Waals surface area contributed by atoms with Crippen molar-refractivity contribution in [2.75, 3.05) is 45.7 Å². The van der Waals surface area contributed by atoms with Crippen LogP contribution in [0.3, 0.4) is 0 Å². The minimum absolute atomic E-state index is 0.193. The van der Waals surface area contributed by atoms with E-state index in [2.05, 4.69) is 15.3 Å². The molecular formula is C21H23N5O4S. The zero-order chi connectivity index (χ0) is 21.8. The van der Waals surface area contributed by atoms with E-state index in [9.17, 15) is 9.59 Å². The minimum atomic E-state index is -0.461. The Labute approximate surface area is 183 Å². The maximum Gasteiger partial charge on any atom is 0.261 e. The lowest BCUT2D eigenvalue weighted by molar-refractivity contribution is -0.0222. The molecule has 162 valence electrons. The molecule has 0 bridgehead atoms. The summed E-state index contributed by atoms with van der Waals surface area (Å²) in [4.78, 5) is 37.3. The van der Waals surface area contributed by atoms with Gasteiger partial charge in [-0.3, -0.25) is 9.59 Å². The van der Waals surface area contributed by atoms with Crippen molar-refractivity contribution < 1.29 is 19.1 Å². The van der Waals surface area contributed by atoms with Crippen molar-refractivity contribution >= 4 is 39.2 Å². The number of nitrogens with two attached hydrogens (primary N) is 1. The molecule has 3 aromatic heterocycles. The van der Waals surface area contributed by atoms with Gasteiger partial charge in [-0.15, -0.1) is 11.3 Å². The van der Waals surface area contributed by atoms with Gasteiger partial charge in [0.25, 0.3) is 11.8 Å². The Hall–Kier alpha value is -3.08. The Morgan fingerprint density at radius 1 is 1.32 bits per heavy atom. The Bertz CT molecular complexity index is 1100. The fourth-order valence-corrected chi connectivity index (χ4v) is 4.67. The lowest BCUT2D eigenvalue weighted by Crippen LogP contribution is -2.43. The number of nitrogens with zero attached hydrogens (tertiary/aromatic N) is 3. The summed E-state index contributed by atoms with van der Waals surface area (Å²) < 4.78 is 11.0. The van der Waals surface area contributed by atoms with Gasteiger partial charge in [-0.1, -0.05) is 6.07 Å². The molecule has 1 atom stereocenters. The van der Waals surface area contributed by atoms with Crippen molar-refractivity contribution in [2.45, 2.75) is 6.10 Å². The number of fused-ring (bicyclic) bond motifs is 1. The van der Waals surface area contributed by atoms with Crippen LogP contribution in [0.4, 0.5) is 5.82 Å². The number of nitrogens with one attached hydrogen (secondary N) is 1. The molecule has 3 aromatic rings. The number of morpholine rings is 1. The first-order valence-corrected chi connectivity index (χ1v) is 10.7. The van der Waals surface area contributed by atoms with Crippen molar-refractivity contribution in [3.8, 4) is 0 Å². The monoisotopic (exact) mass is 441 g/mol. The topological polar surface area (TPSA) is 120 Å². The van der Waals surface area contributed by atoms with Gasteiger partial charge in [0.05, 0.1) is 25.3 Å². The molecule has 9 nitrogen and oxygen atoms in total. The molecule has 1 unspecified atom stereocenters. The van der Waals surface area contributed by atoms with E-state index in [1.54, 1.807) is 36.5 Å². The third-order valence-electron chi connectivity index (χ3n) is 5.05. The number of rotatable bonds is 6. The van der Waals surface area contributed by atoms with Crippen molar-refractivity contribution in [2.24, 2.45) is 0 Å². The number of carbonyl (C=O) groups excluding carboxylic acids is 2. The van der Waals surface area contributed by atoms with E-state index in [0.29, 0.717) is 43.3 Å². The Kier molecular flexibility index (Phi) is 6.40. The zero-order valence-corrected chi connectivity index (χ0v) is 17.9. The first-order valence-electron chi connectivity index (χ1n) is 9.86. The number of anilines is 1. The predicted octanol–water partition coefficient (Wildman–Crippen LogP) is 1.86. The molecule has 0 spiro atoms. The van der Waals surface area contributed by atoms with Crippen LogP contribution in [0.5, 0.6) is 0 Å². The molecule has 3 N–H and O–H groups in total. The summed E-state index contributed by atoms with van der Waals surface area (Å²) in [5, 5.41) is 3.72. The van der Waals surface area contributed by atoms with Crippen molar-refractivity contribution in [1.82, 2.24) is 20.2 Å². The van der Waals surface area contributed by atoms with E-state index in [1.807, 2.05) is 12.1 Å². The molecule has 1 aliphatic rings. The molecule has 1 saturated heterocycles. The third kappa shape index (κ3) is 4.36. The van der Waals surface area contributed by atoms with E-state index < -0.39 is 6.10 Å². The van der Waals surface area contributed by atoms with Gasteiger partial charge < -0.3 is 25.4 Å². The quantitative estimate of drug-likeness (QED) is 0.560. The lowest BCUT2D eigenvalue weighted by atomic mass is 10.0. The molecule has 10 heteroatoms. The van der Waals surface area contributed by atoms with Crippen LogP contribution in [0.25, 0.3) is 10.2 Å². The van der Waals surface area contributed by atoms with Crippen LogP contribution in [-0.4, -0.2) is 66.6 Å². The fourth-order valence-electron chi connectivity index (χ4n) is 3.56. The van der Waals surface area contributed by atoms with Crippen LogP contribution in [-0.2, 0) is 9.47 Å². The summed E-state index contributed by atoms with van der Waals surface area (Å²) in [6, 6.07) is 7.09. The van der Waals surface area contributed by atoms with Gasteiger partial charge >= 0.3 is 0 Å². The summed E-state index contributed by atoms with van der Waals surface area (Å²) in [5.41, 5.74) is 7.00. The van der Waals surface area contributed by atoms with Crippen LogP contribution >= 0.6 is 11.3 Å². The molecule has 0 saturated carbocycles. The predicted molar refractivity (Wildman–Crippen MR) is 117 cm³/mol. The van der Waals surface area contributed by atoms with Gasteiger partial charge in [-0.25, -0.2) is 9.97 Å². The molecule has 2 amide bonds. The molecular weight excluding hydrogens is 418 g/mol. The second-order valence-electron chi connectivity index (χ2n) is 7.00. The lowest BCUT2D eigenvalue weighted by Gasteiger charge is -2.33. The zero-order valence-electron chi connectivity index (χ0n) is 17.0. The summed E-state index contributed by atoms with van der Waals surface area (Å²) in [5.74, 6) is -0.222. The highest BCUT2D eigenvalue weighted by Crippen LogP contribution is 2.37. The number of thiophene rings is 1. The second kappa shape index (κ2) is 9.38. The average Bonchev–Trinajstić information content (AvgIpc) is 3.19. The number of nitrogen functional groups attached to an aromatic ring is 1. The summed E-state index contributed by atoms with van der Waals surface area (Å²) >= 11 is 1.31. The van der Waals surface area contributed by atoms with Crippen LogP contribution < -0.4 is 11.1 Å². The van der Waals surface area contributed by atoms with Crippen LogP contribution in [0.2, 0.25) is 0 Å². The van der Waals surface area contributed by atoms with Gasteiger partial charge in [0.15, 0.2) is 0 Å². The van der Waals surface area contributed by atoms with E-state index in [1.165, 1.54) is 11.3 Å². The van der Waals surface area contributed by atoms with E-state index >= 15 is 0 Å². The first-order chi connectivity index (χ1) is 15.1. The highest BCUT2D eigenvalue weighted by molar-refractivity contribution is 7.20. The van der Waals surface area contributed by atoms with Gasteiger partial charge in [0.2, 0.25) is 0 Å². The Morgan fingerprint density at radius 2 is 2.13 bits per heavy atom. The normalized spacial score (nSPS) is 16.4. The smallest absolute Gasteiger partial charge is 0.261 e. The highest BCUT2D eigenvalue weighted by Gasteiger charge is 2.32. The summed E-state index contributed by atoms with van der Waals surface area (Å²) in [6.45, 7) is 1.89. The maximum atomic E-state index is 13.0. The average molecular weight is 442 g/mol. The van der Waals surface area contributed by atoms with Gasteiger partial charge in [0.1, 0.15) is 21.6 Å². The molecule has 1 fully saturated rings. The largest absolute Gasteiger partial charge is 0.383 e. The highest BCUT2D eigenvalue weighted by atomic mass is 32.1. The minimum Gasteiger partial charge on any atom is -0.383 e. The molecule has 31 heavy (non-hydrogen) atoms. The summed E-state index contributed by atoms with van der Waals surface area (Å²) in [6.07, 6.45) is 2.78. The van der Waals surface area contributed by atoms with Crippen molar-refractivity contribution in [1.29, 1.82) is 0 Å². The molecule has 1 aliphatic heterocycles. The van der Waals surface area contributed by atoms with Crippen molar-refractivity contribution in [3.05, 3.63) is 52.7 Å². The second-order valence-corrected chi connectivity index (χ2v) is 8.00. The van der Waals surface area contributed by atoms with E-state index in [4.69, 9.17) is 15.2 Å². The van der Waals surface area contributed by atoms with Crippen LogP contribution in [0, 0.1) is 0 Å². The van der Waals surface area contributed by atoms with Crippen molar-refractivity contribution in [3.63, 3.8) is 0 Å².